The summed E-state index contributed by atoms with van der Waals surface area (Å²) in [6.07, 6.45) is 0.865. The number of methoxy groups -OCH3 is 1. The molecule has 1 amide bonds. The Morgan fingerprint density at radius 1 is 1.19 bits per heavy atom. The Bertz CT molecular complexity index is 1030. The van der Waals surface area contributed by atoms with E-state index in [0.29, 0.717) is 19.4 Å². The molecule has 1 saturated heterocycles. The predicted octanol–water partition coefficient (Wildman–Crippen LogP) is 3.36. The van der Waals surface area contributed by atoms with Crippen molar-refractivity contribution in [2.45, 2.75) is 12.8 Å². The molecule has 0 unspecified atom stereocenters. The van der Waals surface area contributed by atoms with Crippen LogP contribution in [0, 0.1) is 5.82 Å². The first-order chi connectivity index (χ1) is 15.1. The number of nitrogens with zero attached hydrogens (tertiary/aromatic N) is 1. The fourth-order valence-electron chi connectivity index (χ4n) is 3.99. The van der Waals surface area contributed by atoms with Gasteiger partial charge in [-0.25, -0.2) is 4.39 Å². The number of hydrogen-bond donors (Lipinski definition) is 2. The maximum atomic E-state index is 13.9. The lowest BCUT2D eigenvalue weighted by molar-refractivity contribution is -0.121. The summed E-state index contributed by atoms with van der Waals surface area (Å²) in [5.74, 6) is 0.482. The van der Waals surface area contributed by atoms with Gasteiger partial charge in [0.15, 0.2) is 0 Å². The van der Waals surface area contributed by atoms with Gasteiger partial charge in [-0.05, 0) is 60.0 Å². The van der Waals surface area contributed by atoms with E-state index in [1.165, 1.54) is 12.1 Å². The Morgan fingerprint density at radius 3 is 2.71 bits per heavy atom. The van der Waals surface area contributed by atoms with E-state index >= 15 is 0 Å². The highest BCUT2D eigenvalue weighted by atomic mass is 19.1. The number of aromatic nitrogens is 1. The summed E-state index contributed by atoms with van der Waals surface area (Å²) in [6, 6.07) is 12.4. The highest BCUT2D eigenvalue weighted by Gasteiger charge is 2.16. The number of carbonyl (C=O) groups excluding carboxylic acids is 1. The van der Waals surface area contributed by atoms with Crippen molar-refractivity contribution >= 4 is 16.8 Å². The minimum Gasteiger partial charge on any atom is -0.497 e. The van der Waals surface area contributed by atoms with Crippen LogP contribution in [0.4, 0.5) is 4.39 Å². The molecule has 1 aliphatic heterocycles. The number of aromatic amines is 1. The van der Waals surface area contributed by atoms with Crippen molar-refractivity contribution in [2.75, 3.05) is 46.5 Å². The molecule has 1 aromatic heterocycles. The van der Waals surface area contributed by atoms with Gasteiger partial charge in [-0.1, -0.05) is 0 Å². The van der Waals surface area contributed by atoms with E-state index < -0.39 is 0 Å². The van der Waals surface area contributed by atoms with E-state index in [4.69, 9.17) is 9.47 Å². The third-order valence-electron chi connectivity index (χ3n) is 5.70. The molecule has 1 aliphatic rings. The first-order valence-electron chi connectivity index (χ1n) is 10.7. The van der Waals surface area contributed by atoms with Crippen molar-refractivity contribution in [2.24, 2.45) is 0 Å². The lowest BCUT2D eigenvalue weighted by atomic mass is 10.0. The van der Waals surface area contributed by atoms with E-state index in [1.54, 1.807) is 13.2 Å². The van der Waals surface area contributed by atoms with Gasteiger partial charge in [0, 0.05) is 49.2 Å². The molecule has 164 valence electrons. The molecule has 2 N–H and O–H groups in total. The maximum absolute atomic E-state index is 13.9. The zero-order valence-electron chi connectivity index (χ0n) is 17.7. The molecular weight excluding hydrogens is 397 g/mol. The monoisotopic (exact) mass is 425 g/mol. The summed E-state index contributed by atoms with van der Waals surface area (Å²) in [4.78, 5) is 18.1. The van der Waals surface area contributed by atoms with E-state index in [-0.39, 0.29) is 11.7 Å². The minimum absolute atomic E-state index is 0.000284. The fraction of sp³-hybridized carbons (Fsp3) is 0.375. The van der Waals surface area contributed by atoms with Gasteiger partial charge in [-0.15, -0.1) is 0 Å². The van der Waals surface area contributed by atoms with Crippen LogP contribution in [0.5, 0.6) is 5.75 Å². The van der Waals surface area contributed by atoms with Gasteiger partial charge in [0.1, 0.15) is 11.6 Å². The molecule has 2 heterocycles. The lowest BCUT2D eigenvalue weighted by Crippen LogP contribution is -2.41. The summed E-state index contributed by atoms with van der Waals surface area (Å²) in [6.45, 7) is 4.75. The van der Waals surface area contributed by atoms with Crippen LogP contribution in [0.2, 0.25) is 0 Å². The maximum Gasteiger partial charge on any atom is 0.220 e. The summed E-state index contributed by atoms with van der Waals surface area (Å²) >= 11 is 0. The molecule has 0 spiro atoms. The van der Waals surface area contributed by atoms with Crippen LogP contribution in [0.15, 0.2) is 42.5 Å². The molecule has 0 aliphatic carbocycles. The molecule has 0 saturated carbocycles. The average Bonchev–Trinajstić information content (AvgIpc) is 3.16. The van der Waals surface area contributed by atoms with Crippen LogP contribution in [0.1, 0.15) is 12.0 Å². The number of fused-ring (bicyclic) bond motifs is 1. The molecular formula is C24H28FN3O3. The number of amides is 1. The molecule has 3 aromatic rings. The number of aryl methyl sites for hydroxylation is 1. The SMILES string of the molecule is COc1ccc(-c2[nH]c3ccc(F)cc3c2CCC(=O)NCCN2CCOCC2)cc1. The molecule has 7 heteroatoms. The molecule has 31 heavy (non-hydrogen) atoms. The molecule has 1 fully saturated rings. The fourth-order valence-corrected chi connectivity index (χ4v) is 3.99. The summed E-state index contributed by atoms with van der Waals surface area (Å²) in [5, 5.41) is 3.82. The quantitative estimate of drug-likeness (QED) is 0.581. The number of carbonyl (C=O) groups is 1. The van der Waals surface area contributed by atoms with Crippen LogP contribution in [0.25, 0.3) is 22.2 Å². The summed E-state index contributed by atoms with van der Waals surface area (Å²) < 4.78 is 24.5. The van der Waals surface area contributed by atoms with E-state index in [9.17, 15) is 9.18 Å². The Morgan fingerprint density at radius 2 is 1.97 bits per heavy atom. The van der Waals surface area contributed by atoms with Gasteiger partial charge >= 0.3 is 0 Å². The number of benzene rings is 2. The van der Waals surface area contributed by atoms with E-state index in [1.807, 2.05) is 24.3 Å². The average molecular weight is 426 g/mol. The topological polar surface area (TPSA) is 66.6 Å². The number of rotatable bonds is 8. The van der Waals surface area contributed by atoms with Crippen LogP contribution < -0.4 is 10.1 Å². The second-order valence-electron chi connectivity index (χ2n) is 7.70. The third-order valence-corrected chi connectivity index (χ3v) is 5.70. The minimum atomic E-state index is -0.288. The molecule has 4 rings (SSSR count). The first-order valence-corrected chi connectivity index (χ1v) is 10.7. The number of H-pyrrole nitrogens is 1. The number of morpholine rings is 1. The zero-order chi connectivity index (χ0) is 21.6. The molecule has 0 bridgehead atoms. The van der Waals surface area contributed by atoms with Crippen molar-refractivity contribution < 1.29 is 18.7 Å². The molecule has 6 nitrogen and oxygen atoms in total. The highest BCUT2D eigenvalue weighted by molar-refractivity contribution is 5.91. The third kappa shape index (κ3) is 5.24. The smallest absolute Gasteiger partial charge is 0.220 e. The number of nitrogens with one attached hydrogen (secondary N) is 2. The zero-order valence-corrected chi connectivity index (χ0v) is 17.7. The molecule has 2 aromatic carbocycles. The Balaban J connectivity index is 1.46. The molecule has 0 radical (unpaired) electrons. The van der Waals surface area contributed by atoms with Gasteiger partial charge in [-0.3, -0.25) is 9.69 Å². The van der Waals surface area contributed by atoms with Crippen LogP contribution in [-0.4, -0.2) is 62.3 Å². The Kier molecular flexibility index (Phi) is 6.84. The molecule has 0 atom stereocenters. The van der Waals surface area contributed by atoms with Crippen molar-refractivity contribution in [3.05, 3.63) is 53.8 Å². The summed E-state index contributed by atoms with van der Waals surface area (Å²) in [7, 11) is 1.63. The van der Waals surface area contributed by atoms with Gasteiger partial charge in [-0.2, -0.15) is 0 Å². The van der Waals surface area contributed by atoms with Gasteiger partial charge in [0.2, 0.25) is 5.91 Å². The standard InChI is InChI=1S/C24H28FN3O3/c1-30-19-5-2-17(3-6-19)24-20(21-16-18(25)4-8-22(21)27-24)7-9-23(29)26-10-11-28-12-14-31-15-13-28/h2-6,8,16,27H,7,9-15H2,1H3,(H,26,29). The van der Waals surface area contributed by atoms with Crippen LogP contribution >= 0.6 is 0 Å². The first kappa shape index (κ1) is 21.3. The number of halogens is 1. The lowest BCUT2D eigenvalue weighted by Gasteiger charge is -2.26. The number of hydrogen-bond acceptors (Lipinski definition) is 4. The predicted molar refractivity (Wildman–Crippen MR) is 119 cm³/mol. The largest absolute Gasteiger partial charge is 0.497 e. The Hall–Kier alpha value is -2.90. The van der Waals surface area contributed by atoms with Crippen molar-refractivity contribution in [1.29, 1.82) is 0 Å². The van der Waals surface area contributed by atoms with Crippen LogP contribution in [0.3, 0.4) is 0 Å². The Labute approximate surface area is 181 Å². The van der Waals surface area contributed by atoms with Gasteiger partial charge in [0.25, 0.3) is 0 Å². The van der Waals surface area contributed by atoms with Crippen molar-refractivity contribution in [1.82, 2.24) is 15.2 Å². The van der Waals surface area contributed by atoms with Crippen molar-refractivity contribution in [3.8, 4) is 17.0 Å². The normalized spacial score (nSPS) is 14.6. The van der Waals surface area contributed by atoms with Crippen molar-refractivity contribution in [3.63, 3.8) is 0 Å². The second-order valence-corrected chi connectivity index (χ2v) is 7.70. The number of ether oxygens (including phenoxy) is 2. The van der Waals surface area contributed by atoms with E-state index in [2.05, 4.69) is 15.2 Å². The van der Waals surface area contributed by atoms with E-state index in [0.717, 1.165) is 66.3 Å². The second kappa shape index (κ2) is 9.94. The van der Waals surface area contributed by atoms with Gasteiger partial charge < -0.3 is 19.8 Å². The van der Waals surface area contributed by atoms with Crippen LogP contribution in [-0.2, 0) is 16.0 Å². The summed E-state index contributed by atoms with van der Waals surface area (Å²) in [5.41, 5.74) is 3.68. The van der Waals surface area contributed by atoms with Gasteiger partial charge in [0.05, 0.1) is 20.3 Å². The highest BCUT2D eigenvalue weighted by Crippen LogP contribution is 2.32.